The van der Waals surface area contributed by atoms with E-state index in [1.807, 2.05) is 5.43 Å². The lowest BCUT2D eigenvalue weighted by Crippen LogP contribution is -2.50. The van der Waals surface area contributed by atoms with Crippen LogP contribution in [0.3, 0.4) is 0 Å². The van der Waals surface area contributed by atoms with Gasteiger partial charge in [-0.3, -0.25) is 4.79 Å². The van der Waals surface area contributed by atoms with Crippen LogP contribution >= 0.6 is 0 Å². The van der Waals surface area contributed by atoms with Crippen LogP contribution in [0.5, 0.6) is 11.5 Å². The van der Waals surface area contributed by atoms with Crippen LogP contribution in [0.25, 0.3) is 0 Å². The summed E-state index contributed by atoms with van der Waals surface area (Å²) >= 11 is 0. The van der Waals surface area contributed by atoms with Crippen LogP contribution in [0.15, 0.2) is 23.3 Å². The normalized spacial score (nSPS) is 16.2. The molecule has 0 unspecified atom stereocenters. The second kappa shape index (κ2) is 9.91. The number of carbonyl (C=O) groups is 1. The fraction of sp³-hybridized carbons (Fsp3) is 0.467. The van der Waals surface area contributed by atoms with Gasteiger partial charge in [0.25, 0.3) is 5.91 Å². The lowest BCUT2D eigenvalue weighted by atomic mass is 10.0. The SMILES string of the molecule is CCOc1cc(/C=N\NC(=O)[C@H](O)[C@H](O)[C@H](O)[C@@H](O)CO)ccc1O. The molecule has 0 aliphatic carbocycles. The van der Waals surface area contributed by atoms with Gasteiger partial charge >= 0.3 is 0 Å². The van der Waals surface area contributed by atoms with E-state index in [1.54, 1.807) is 6.92 Å². The first-order valence-corrected chi connectivity index (χ1v) is 7.43. The number of hydrogen-bond donors (Lipinski definition) is 7. The zero-order valence-electron chi connectivity index (χ0n) is 13.5. The molecule has 25 heavy (non-hydrogen) atoms. The average Bonchev–Trinajstić information content (AvgIpc) is 2.61. The largest absolute Gasteiger partial charge is 0.504 e. The number of hydrazone groups is 1. The topological polar surface area (TPSA) is 172 Å². The standard InChI is InChI=1S/C15H22N2O8/c1-2-25-11-5-8(3-4-9(11)19)6-16-17-15(24)14(23)13(22)12(21)10(20)7-18/h3-6,10,12-14,18-23H,2,7H2,1H3,(H,17,24)/b16-6-/t10-,12+,13+,14+/m0/s1. The van der Waals surface area contributed by atoms with E-state index in [1.165, 1.54) is 24.4 Å². The minimum absolute atomic E-state index is 0.0574. The van der Waals surface area contributed by atoms with E-state index in [-0.39, 0.29) is 11.5 Å². The maximum Gasteiger partial charge on any atom is 0.271 e. The van der Waals surface area contributed by atoms with E-state index in [0.717, 1.165) is 0 Å². The number of amides is 1. The van der Waals surface area contributed by atoms with Gasteiger partial charge < -0.3 is 35.4 Å². The molecular formula is C15H22N2O8. The van der Waals surface area contributed by atoms with E-state index < -0.39 is 36.9 Å². The van der Waals surface area contributed by atoms with Crippen molar-refractivity contribution in [3.05, 3.63) is 23.8 Å². The molecule has 0 fully saturated rings. The van der Waals surface area contributed by atoms with Crippen molar-refractivity contribution >= 4 is 12.1 Å². The highest BCUT2D eigenvalue weighted by molar-refractivity contribution is 5.85. The van der Waals surface area contributed by atoms with Crippen molar-refractivity contribution in [2.75, 3.05) is 13.2 Å². The molecule has 7 N–H and O–H groups in total. The fourth-order valence-electron chi connectivity index (χ4n) is 1.80. The number of nitrogens with zero attached hydrogens (tertiary/aromatic N) is 1. The molecular weight excluding hydrogens is 336 g/mol. The van der Waals surface area contributed by atoms with Crippen molar-refractivity contribution in [3.8, 4) is 11.5 Å². The Labute approximate surface area is 143 Å². The number of ether oxygens (including phenoxy) is 1. The molecule has 0 aromatic heterocycles. The Hall–Kier alpha value is -2.24. The molecule has 0 saturated carbocycles. The molecule has 0 aliphatic heterocycles. The first-order chi connectivity index (χ1) is 11.8. The summed E-state index contributed by atoms with van der Waals surface area (Å²) in [7, 11) is 0. The summed E-state index contributed by atoms with van der Waals surface area (Å²) in [5.74, 6) is -0.955. The molecule has 0 aliphatic rings. The number of aliphatic hydroxyl groups excluding tert-OH is 5. The fourth-order valence-corrected chi connectivity index (χ4v) is 1.80. The minimum atomic E-state index is -2.08. The number of carbonyl (C=O) groups excluding carboxylic acids is 1. The lowest BCUT2D eigenvalue weighted by molar-refractivity contribution is -0.148. The smallest absolute Gasteiger partial charge is 0.271 e. The molecule has 1 aromatic rings. The summed E-state index contributed by atoms with van der Waals surface area (Å²) in [4.78, 5) is 11.7. The van der Waals surface area contributed by atoms with Crippen LogP contribution in [-0.4, -0.2) is 80.4 Å². The molecule has 4 atom stereocenters. The van der Waals surface area contributed by atoms with Gasteiger partial charge in [0, 0.05) is 0 Å². The van der Waals surface area contributed by atoms with Crippen LogP contribution in [0.4, 0.5) is 0 Å². The summed E-state index contributed by atoms with van der Waals surface area (Å²) in [5, 5.41) is 59.6. The van der Waals surface area contributed by atoms with Crippen molar-refractivity contribution < 1.29 is 40.2 Å². The highest BCUT2D eigenvalue weighted by Gasteiger charge is 2.34. The van der Waals surface area contributed by atoms with Crippen LogP contribution in [0.1, 0.15) is 12.5 Å². The molecule has 0 saturated heterocycles. The van der Waals surface area contributed by atoms with Gasteiger partial charge in [-0.1, -0.05) is 0 Å². The van der Waals surface area contributed by atoms with Crippen molar-refractivity contribution in [1.82, 2.24) is 5.43 Å². The van der Waals surface area contributed by atoms with Crippen molar-refractivity contribution in [1.29, 1.82) is 0 Å². The van der Waals surface area contributed by atoms with Crippen molar-refractivity contribution in [3.63, 3.8) is 0 Å². The number of phenolic OH excluding ortho intramolecular Hbond substituents is 1. The number of aliphatic hydroxyl groups is 5. The van der Waals surface area contributed by atoms with Gasteiger partial charge in [0.15, 0.2) is 17.6 Å². The third-order valence-electron chi connectivity index (χ3n) is 3.20. The molecule has 0 heterocycles. The first-order valence-electron chi connectivity index (χ1n) is 7.43. The van der Waals surface area contributed by atoms with E-state index in [9.17, 15) is 30.3 Å². The zero-order valence-corrected chi connectivity index (χ0v) is 13.5. The second-order valence-corrected chi connectivity index (χ2v) is 5.07. The van der Waals surface area contributed by atoms with Crippen LogP contribution in [-0.2, 0) is 4.79 Å². The lowest BCUT2D eigenvalue weighted by Gasteiger charge is -2.24. The van der Waals surface area contributed by atoms with Crippen LogP contribution in [0, 0.1) is 0 Å². The number of rotatable bonds is 9. The highest BCUT2D eigenvalue weighted by atomic mass is 16.5. The van der Waals surface area contributed by atoms with Gasteiger partial charge in [-0.25, -0.2) is 5.43 Å². The molecule has 140 valence electrons. The molecule has 1 rings (SSSR count). The molecule has 1 aromatic carbocycles. The van der Waals surface area contributed by atoms with E-state index in [0.29, 0.717) is 12.2 Å². The number of nitrogens with one attached hydrogen (secondary N) is 1. The predicted octanol–water partition coefficient (Wildman–Crippen LogP) is -2.32. The Morgan fingerprint density at radius 1 is 1.28 bits per heavy atom. The Balaban J connectivity index is 2.66. The Kier molecular flexibility index (Phi) is 8.25. The summed E-state index contributed by atoms with van der Waals surface area (Å²) in [6.45, 7) is 1.24. The van der Waals surface area contributed by atoms with Crippen LogP contribution in [0.2, 0.25) is 0 Å². The molecule has 10 heteroatoms. The Morgan fingerprint density at radius 3 is 2.56 bits per heavy atom. The van der Waals surface area contributed by atoms with Gasteiger partial charge in [0.1, 0.15) is 18.3 Å². The molecule has 0 bridgehead atoms. The average molecular weight is 358 g/mol. The van der Waals surface area contributed by atoms with Crippen molar-refractivity contribution in [2.45, 2.75) is 31.3 Å². The zero-order chi connectivity index (χ0) is 19.0. The Bertz CT molecular complexity index is 595. The van der Waals surface area contributed by atoms with E-state index >= 15 is 0 Å². The number of benzene rings is 1. The molecule has 0 radical (unpaired) electrons. The predicted molar refractivity (Wildman–Crippen MR) is 86.1 cm³/mol. The van der Waals surface area contributed by atoms with Crippen molar-refractivity contribution in [2.24, 2.45) is 5.10 Å². The minimum Gasteiger partial charge on any atom is -0.504 e. The maximum atomic E-state index is 11.7. The highest BCUT2D eigenvalue weighted by Crippen LogP contribution is 2.26. The first kappa shape index (κ1) is 20.8. The second-order valence-electron chi connectivity index (χ2n) is 5.07. The molecule has 0 spiro atoms. The maximum absolute atomic E-state index is 11.7. The van der Waals surface area contributed by atoms with E-state index in [4.69, 9.17) is 9.84 Å². The third-order valence-corrected chi connectivity index (χ3v) is 3.20. The quantitative estimate of drug-likeness (QED) is 0.190. The van der Waals surface area contributed by atoms with Gasteiger partial charge in [-0.05, 0) is 30.7 Å². The summed E-state index contributed by atoms with van der Waals surface area (Å²) in [6.07, 6.45) is -6.52. The summed E-state index contributed by atoms with van der Waals surface area (Å²) < 4.78 is 5.19. The van der Waals surface area contributed by atoms with E-state index in [2.05, 4.69) is 5.10 Å². The van der Waals surface area contributed by atoms with Gasteiger partial charge in [0.05, 0.1) is 19.4 Å². The summed E-state index contributed by atoms with van der Waals surface area (Å²) in [5.41, 5.74) is 2.43. The third kappa shape index (κ3) is 5.96. The Morgan fingerprint density at radius 2 is 1.96 bits per heavy atom. The molecule has 1 amide bonds. The number of hydrogen-bond acceptors (Lipinski definition) is 9. The monoisotopic (exact) mass is 358 g/mol. The number of phenols is 1. The van der Waals surface area contributed by atoms with Gasteiger partial charge in [-0.2, -0.15) is 5.10 Å². The van der Waals surface area contributed by atoms with Gasteiger partial charge in [0.2, 0.25) is 0 Å². The molecule has 10 nitrogen and oxygen atoms in total. The van der Waals surface area contributed by atoms with Gasteiger partial charge in [-0.15, -0.1) is 0 Å². The summed E-state index contributed by atoms with van der Waals surface area (Å²) in [6, 6.07) is 4.35. The van der Waals surface area contributed by atoms with Crippen LogP contribution < -0.4 is 10.2 Å². The number of aromatic hydroxyl groups is 1.